The summed E-state index contributed by atoms with van der Waals surface area (Å²) in [6, 6.07) is 13.0. The number of ether oxygens (including phenoxy) is 1. The fourth-order valence-corrected chi connectivity index (χ4v) is 4.12. The van der Waals surface area contributed by atoms with Crippen LogP contribution in [0.25, 0.3) is 10.9 Å². The summed E-state index contributed by atoms with van der Waals surface area (Å²) in [5.74, 6) is 0.278. The van der Waals surface area contributed by atoms with Crippen LogP contribution in [0.3, 0.4) is 0 Å². The number of hydrogen-bond donors (Lipinski definition) is 0. The van der Waals surface area contributed by atoms with Crippen LogP contribution in [-0.2, 0) is 9.57 Å². The molecule has 1 heterocycles. The molecule has 0 bridgehead atoms. The Hall–Kier alpha value is -3.41. The van der Waals surface area contributed by atoms with Crippen molar-refractivity contribution in [1.82, 2.24) is 4.57 Å². The molecule has 154 valence electrons. The number of hydrogen-bond acceptors (Lipinski definition) is 5. The largest absolute Gasteiger partial charge is 0.449 e. The van der Waals surface area contributed by atoms with Gasteiger partial charge in [0.2, 0.25) is 0 Å². The molecule has 0 radical (unpaired) electrons. The SMILES string of the molecule is CCOC(=O)n1ccc2cc(C(=O)c3cccc4c3/C(=N/OC)CCC4C)ccc21. The molecule has 30 heavy (non-hydrogen) atoms. The van der Waals surface area contributed by atoms with E-state index in [9.17, 15) is 9.59 Å². The number of oxime groups is 1. The maximum atomic E-state index is 13.5. The summed E-state index contributed by atoms with van der Waals surface area (Å²) >= 11 is 0. The third kappa shape index (κ3) is 3.38. The summed E-state index contributed by atoms with van der Waals surface area (Å²) in [7, 11) is 1.53. The lowest BCUT2D eigenvalue weighted by Crippen LogP contribution is -2.20. The zero-order valence-corrected chi connectivity index (χ0v) is 17.3. The molecule has 6 nitrogen and oxygen atoms in total. The van der Waals surface area contributed by atoms with Crippen molar-refractivity contribution in [3.8, 4) is 0 Å². The molecule has 2 aromatic carbocycles. The van der Waals surface area contributed by atoms with Gasteiger partial charge < -0.3 is 9.57 Å². The van der Waals surface area contributed by atoms with Crippen molar-refractivity contribution in [2.45, 2.75) is 32.6 Å². The Morgan fingerprint density at radius 2 is 2.03 bits per heavy atom. The van der Waals surface area contributed by atoms with Crippen molar-refractivity contribution in [3.63, 3.8) is 0 Å². The standard InChI is InChI=1S/C24H24N2O4/c1-4-30-24(28)26-13-12-16-14-17(9-11-21(16)26)23(27)19-7-5-6-18-15(2)8-10-20(22(18)19)25-29-3/h5-7,9,11-15H,4,8,10H2,1-3H3/b25-20+. The minimum absolute atomic E-state index is 0.0736. The average Bonchev–Trinajstić information content (AvgIpc) is 3.18. The van der Waals surface area contributed by atoms with Gasteiger partial charge in [-0.05, 0) is 55.5 Å². The van der Waals surface area contributed by atoms with Gasteiger partial charge >= 0.3 is 6.09 Å². The smallest absolute Gasteiger partial charge is 0.418 e. The summed E-state index contributed by atoms with van der Waals surface area (Å²) < 4.78 is 6.53. The van der Waals surface area contributed by atoms with Crippen LogP contribution in [0.15, 0.2) is 53.8 Å². The topological polar surface area (TPSA) is 69.9 Å². The van der Waals surface area contributed by atoms with Crippen molar-refractivity contribution in [3.05, 3.63) is 70.9 Å². The maximum Gasteiger partial charge on any atom is 0.418 e. The summed E-state index contributed by atoms with van der Waals surface area (Å²) in [6.07, 6.45) is 2.97. The van der Waals surface area contributed by atoms with Crippen LogP contribution in [0, 0.1) is 0 Å². The van der Waals surface area contributed by atoms with Crippen molar-refractivity contribution in [2.75, 3.05) is 13.7 Å². The lowest BCUT2D eigenvalue weighted by molar-refractivity contribution is 0.103. The van der Waals surface area contributed by atoms with E-state index in [0.717, 1.165) is 35.1 Å². The number of rotatable bonds is 4. The fourth-order valence-electron chi connectivity index (χ4n) is 4.12. The van der Waals surface area contributed by atoms with E-state index in [1.807, 2.05) is 24.3 Å². The van der Waals surface area contributed by atoms with Gasteiger partial charge in [0.05, 0.1) is 17.8 Å². The number of carbonyl (C=O) groups is 2. The first-order chi connectivity index (χ1) is 14.5. The lowest BCUT2D eigenvalue weighted by atomic mass is 9.79. The van der Waals surface area contributed by atoms with Crippen LogP contribution < -0.4 is 0 Å². The number of fused-ring (bicyclic) bond motifs is 2. The number of nitrogens with zero attached hydrogens (tertiary/aromatic N) is 2. The molecule has 0 saturated carbocycles. The van der Waals surface area contributed by atoms with Gasteiger partial charge in [0.25, 0.3) is 0 Å². The van der Waals surface area contributed by atoms with Crippen molar-refractivity contribution < 1.29 is 19.2 Å². The summed E-state index contributed by atoms with van der Waals surface area (Å²) in [6.45, 7) is 4.24. The van der Waals surface area contributed by atoms with Crippen LogP contribution in [0.1, 0.15) is 59.7 Å². The predicted molar refractivity (Wildman–Crippen MR) is 115 cm³/mol. The minimum Gasteiger partial charge on any atom is -0.449 e. The van der Waals surface area contributed by atoms with Gasteiger partial charge in [-0.2, -0.15) is 0 Å². The molecule has 0 amide bonds. The van der Waals surface area contributed by atoms with Crippen LogP contribution >= 0.6 is 0 Å². The van der Waals surface area contributed by atoms with Crippen LogP contribution in [-0.4, -0.2) is 35.9 Å². The number of ketones is 1. The monoisotopic (exact) mass is 404 g/mol. The van der Waals surface area contributed by atoms with Crippen LogP contribution in [0.5, 0.6) is 0 Å². The zero-order valence-electron chi connectivity index (χ0n) is 17.3. The van der Waals surface area contributed by atoms with Gasteiger partial charge in [0.1, 0.15) is 7.11 Å². The number of benzene rings is 2. The molecule has 0 saturated heterocycles. The average molecular weight is 404 g/mol. The molecular weight excluding hydrogens is 380 g/mol. The summed E-state index contributed by atoms with van der Waals surface area (Å²) in [5.41, 5.74) is 4.70. The van der Waals surface area contributed by atoms with Gasteiger partial charge in [-0.1, -0.05) is 30.3 Å². The molecule has 3 aromatic rings. The second-order valence-electron chi connectivity index (χ2n) is 7.42. The highest BCUT2D eigenvalue weighted by Gasteiger charge is 2.27. The fraction of sp³-hybridized carbons (Fsp3) is 0.292. The molecule has 0 spiro atoms. The van der Waals surface area contributed by atoms with E-state index in [4.69, 9.17) is 9.57 Å². The summed E-state index contributed by atoms with van der Waals surface area (Å²) in [4.78, 5) is 30.6. The Bertz CT molecular complexity index is 1160. The molecule has 4 rings (SSSR count). The minimum atomic E-state index is -0.432. The van der Waals surface area contributed by atoms with Gasteiger partial charge in [-0.15, -0.1) is 0 Å². The number of aromatic nitrogens is 1. The molecule has 0 aliphatic heterocycles. The second kappa shape index (κ2) is 8.14. The van der Waals surface area contributed by atoms with Gasteiger partial charge in [0, 0.05) is 28.3 Å². The zero-order chi connectivity index (χ0) is 21.3. The molecule has 1 atom stereocenters. The van der Waals surface area contributed by atoms with Gasteiger partial charge in [-0.3, -0.25) is 9.36 Å². The molecule has 1 unspecified atom stereocenters. The van der Waals surface area contributed by atoms with Crippen molar-refractivity contribution >= 4 is 28.5 Å². The summed E-state index contributed by atoms with van der Waals surface area (Å²) in [5, 5.41) is 5.00. The van der Waals surface area contributed by atoms with E-state index >= 15 is 0 Å². The second-order valence-corrected chi connectivity index (χ2v) is 7.42. The Kier molecular flexibility index (Phi) is 5.40. The quantitative estimate of drug-likeness (QED) is 0.447. The molecule has 0 fully saturated rings. The molecule has 1 aliphatic rings. The first-order valence-electron chi connectivity index (χ1n) is 10.1. The molecule has 1 aromatic heterocycles. The molecule has 1 aliphatic carbocycles. The molecule has 6 heteroatoms. The highest BCUT2D eigenvalue weighted by molar-refractivity contribution is 6.18. The first-order valence-corrected chi connectivity index (χ1v) is 10.1. The third-order valence-electron chi connectivity index (χ3n) is 5.59. The van der Waals surface area contributed by atoms with Gasteiger partial charge in [-0.25, -0.2) is 4.79 Å². The molecule has 0 N–H and O–H groups in total. The molecular formula is C24H24N2O4. The van der Waals surface area contributed by atoms with E-state index in [-0.39, 0.29) is 5.78 Å². The highest BCUT2D eigenvalue weighted by atomic mass is 16.6. The Labute approximate surface area is 175 Å². The third-order valence-corrected chi connectivity index (χ3v) is 5.59. The first kappa shape index (κ1) is 19.9. The van der Waals surface area contributed by atoms with E-state index in [2.05, 4.69) is 18.1 Å². The Morgan fingerprint density at radius 3 is 2.80 bits per heavy atom. The highest BCUT2D eigenvalue weighted by Crippen LogP contribution is 2.34. The lowest BCUT2D eigenvalue weighted by Gasteiger charge is -2.25. The van der Waals surface area contributed by atoms with Gasteiger partial charge in [0.15, 0.2) is 5.78 Å². The van der Waals surface area contributed by atoms with Crippen molar-refractivity contribution in [1.29, 1.82) is 0 Å². The van der Waals surface area contributed by atoms with E-state index in [0.29, 0.717) is 29.2 Å². The number of carbonyl (C=O) groups excluding carboxylic acids is 2. The normalized spacial score (nSPS) is 17.0. The Morgan fingerprint density at radius 1 is 1.20 bits per heavy atom. The van der Waals surface area contributed by atoms with E-state index in [1.54, 1.807) is 25.3 Å². The van der Waals surface area contributed by atoms with E-state index in [1.165, 1.54) is 11.7 Å². The van der Waals surface area contributed by atoms with E-state index < -0.39 is 6.09 Å². The Balaban J connectivity index is 1.77. The van der Waals surface area contributed by atoms with Crippen molar-refractivity contribution in [2.24, 2.45) is 5.16 Å². The van der Waals surface area contributed by atoms with Crippen LogP contribution in [0.4, 0.5) is 4.79 Å². The predicted octanol–water partition coefficient (Wildman–Crippen LogP) is 5.12. The van der Waals surface area contributed by atoms with Crippen LogP contribution in [0.2, 0.25) is 0 Å². The maximum absolute atomic E-state index is 13.5.